The van der Waals surface area contributed by atoms with Crippen molar-refractivity contribution in [3.05, 3.63) is 30.1 Å². The van der Waals surface area contributed by atoms with Crippen LogP contribution in [0.15, 0.2) is 33.9 Å². The first-order chi connectivity index (χ1) is 11.6. The Morgan fingerprint density at radius 1 is 1.25 bits per heavy atom. The molecule has 0 aliphatic heterocycles. The SMILES string of the molecule is C[C@@H](Sc1nnc(-c2ccc(F)cc2)o1)C(=O)NC1CCCCC1. The van der Waals surface area contributed by atoms with Crippen LogP contribution in [0.3, 0.4) is 0 Å². The van der Waals surface area contributed by atoms with Gasteiger partial charge in [-0.3, -0.25) is 4.79 Å². The van der Waals surface area contributed by atoms with Crippen molar-refractivity contribution < 1.29 is 13.6 Å². The van der Waals surface area contributed by atoms with Crippen LogP contribution in [0.2, 0.25) is 0 Å². The normalized spacial score (nSPS) is 16.8. The topological polar surface area (TPSA) is 68.0 Å². The molecule has 3 rings (SSSR count). The highest BCUT2D eigenvalue weighted by Crippen LogP contribution is 2.27. The van der Waals surface area contributed by atoms with Crippen LogP contribution in [0, 0.1) is 5.82 Å². The Hall–Kier alpha value is -1.89. The number of carbonyl (C=O) groups is 1. The lowest BCUT2D eigenvalue weighted by atomic mass is 9.95. The zero-order chi connectivity index (χ0) is 16.9. The van der Waals surface area contributed by atoms with Crippen LogP contribution in [0.25, 0.3) is 11.5 Å². The van der Waals surface area contributed by atoms with Gasteiger partial charge in [-0.2, -0.15) is 0 Å². The molecule has 0 saturated heterocycles. The van der Waals surface area contributed by atoms with Crippen LogP contribution in [0.5, 0.6) is 0 Å². The van der Waals surface area contributed by atoms with Gasteiger partial charge in [-0.1, -0.05) is 31.0 Å². The second-order valence-corrected chi connectivity index (χ2v) is 7.28. The molecule has 0 spiro atoms. The van der Waals surface area contributed by atoms with E-state index in [2.05, 4.69) is 15.5 Å². The largest absolute Gasteiger partial charge is 0.411 e. The number of nitrogens with one attached hydrogen (secondary N) is 1. The van der Waals surface area contributed by atoms with E-state index in [-0.39, 0.29) is 23.0 Å². The number of rotatable bonds is 5. The molecule has 1 saturated carbocycles. The molecule has 1 fully saturated rings. The Bertz CT molecular complexity index is 683. The molecule has 1 aromatic carbocycles. The van der Waals surface area contributed by atoms with Crippen LogP contribution in [0.1, 0.15) is 39.0 Å². The molecular weight excluding hydrogens is 329 g/mol. The number of halogens is 1. The van der Waals surface area contributed by atoms with Crippen LogP contribution < -0.4 is 5.32 Å². The highest BCUT2D eigenvalue weighted by atomic mass is 32.2. The fourth-order valence-corrected chi connectivity index (χ4v) is 3.43. The van der Waals surface area contributed by atoms with Crippen molar-refractivity contribution in [1.29, 1.82) is 0 Å². The fraction of sp³-hybridized carbons (Fsp3) is 0.471. The quantitative estimate of drug-likeness (QED) is 0.832. The number of thioether (sulfide) groups is 1. The van der Waals surface area contributed by atoms with E-state index in [9.17, 15) is 9.18 Å². The average Bonchev–Trinajstić information content (AvgIpc) is 3.05. The van der Waals surface area contributed by atoms with Crippen molar-refractivity contribution in [3.8, 4) is 11.5 Å². The Kier molecular flexibility index (Phi) is 5.50. The van der Waals surface area contributed by atoms with E-state index in [1.807, 2.05) is 6.92 Å². The third-order valence-corrected chi connectivity index (χ3v) is 5.03. The molecule has 1 heterocycles. The summed E-state index contributed by atoms with van der Waals surface area (Å²) in [7, 11) is 0. The molecule has 128 valence electrons. The standard InChI is InChI=1S/C17H20FN3O2S/c1-11(15(22)19-14-5-3-2-4-6-14)24-17-21-20-16(23-17)12-7-9-13(18)10-8-12/h7-11,14H,2-6H2,1H3,(H,19,22)/t11-/m1/s1. The van der Waals surface area contributed by atoms with Crippen LogP contribution in [-0.2, 0) is 4.79 Å². The van der Waals surface area contributed by atoms with E-state index in [1.54, 1.807) is 12.1 Å². The van der Waals surface area contributed by atoms with E-state index >= 15 is 0 Å². The number of aromatic nitrogens is 2. The Balaban J connectivity index is 1.57. The lowest BCUT2D eigenvalue weighted by Crippen LogP contribution is -2.40. The molecule has 0 unspecified atom stereocenters. The number of amides is 1. The van der Waals surface area contributed by atoms with Gasteiger partial charge in [0.15, 0.2) is 0 Å². The van der Waals surface area contributed by atoms with Gasteiger partial charge in [-0.25, -0.2) is 4.39 Å². The van der Waals surface area contributed by atoms with E-state index in [0.717, 1.165) is 12.8 Å². The minimum atomic E-state index is -0.319. The van der Waals surface area contributed by atoms with Crippen molar-refractivity contribution in [3.63, 3.8) is 0 Å². The molecule has 5 nitrogen and oxygen atoms in total. The maximum atomic E-state index is 12.9. The lowest BCUT2D eigenvalue weighted by Gasteiger charge is -2.23. The predicted molar refractivity (Wildman–Crippen MR) is 90.0 cm³/mol. The second-order valence-electron chi connectivity index (χ2n) is 5.98. The lowest BCUT2D eigenvalue weighted by molar-refractivity contribution is -0.121. The van der Waals surface area contributed by atoms with Crippen molar-refractivity contribution in [2.24, 2.45) is 0 Å². The first-order valence-corrected chi connectivity index (χ1v) is 9.06. The third kappa shape index (κ3) is 4.35. The zero-order valence-electron chi connectivity index (χ0n) is 13.5. The van der Waals surface area contributed by atoms with Gasteiger partial charge in [-0.05, 0) is 44.0 Å². The van der Waals surface area contributed by atoms with Crippen molar-refractivity contribution in [2.45, 2.75) is 55.5 Å². The average molecular weight is 349 g/mol. The van der Waals surface area contributed by atoms with E-state index in [4.69, 9.17) is 4.42 Å². The smallest absolute Gasteiger partial charge is 0.277 e. The summed E-state index contributed by atoms with van der Waals surface area (Å²) in [6.45, 7) is 1.82. The third-order valence-electron chi connectivity index (χ3n) is 4.10. The van der Waals surface area contributed by atoms with Gasteiger partial charge in [-0.15, -0.1) is 10.2 Å². The maximum absolute atomic E-state index is 12.9. The molecule has 1 N–H and O–H groups in total. The number of benzene rings is 1. The van der Waals surface area contributed by atoms with Gasteiger partial charge >= 0.3 is 0 Å². The Morgan fingerprint density at radius 2 is 1.96 bits per heavy atom. The Morgan fingerprint density at radius 3 is 2.67 bits per heavy atom. The Labute approximate surface area is 144 Å². The van der Waals surface area contributed by atoms with Gasteiger partial charge in [0, 0.05) is 11.6 Å². The van der Waals surface area contributed by atoms with Gasteiger partial charge in [0.25, 0.3) is 5.22 Å². The van der Waals surface area contributed by atoms with E-state index in [0.29, 0.717) is 16.7 Å². The van der Waals surface area contributed by atoms with Crippen molar-refractivity contribution in [2.75, 3.05) is 0 Å². The fourth-order valence-electron chi connectivity index (χ4n) is 2.74. The highest BCUT2D eigenvalue weighted by molar-refractivity contribution is 8.00. The summed E-state index contributed by atoms with van der Waals surface area (Å²) in [5, 5.41) is 11.0. The summed E-state index contributed by atoms with van der Waals surface area (Å²) >= 11 is 1.23. The summed E-state index contributed by atoms with van der Waals surface area (Å²) in [6, 6.07) is 6.12. The molecule has 0 radical (unpaired) electrons. The van der Waals surface area contributed by atoms with Gasteiger partial charge in [0.1, 0.15) is 5.82 Å². The summed E-state index contributed by atoms with van der Waals surface area (Å²) in [4.78, 5) is 12.3. The monoisotopic (exact) mass is 349 g/mol. The molecule has 1 atom stereocenters. The summed E-state index contributed by atoms with van der Waals surface area (Å²) in [5.41, 5.74) is 0.648. The molecule has 1 aromatic heterocycles. The van der Waals surface area contributed by atoms with Crippen molar-refractivity contribution >= 4 is 17.7 Å². The highest BCUT2D eigenvalue weighted by Gasteiger charge is 2.22. The van der Waals surface area contributed by atoms with Crippen molar-refractivity contribution in [1.82, 2.24) is 15.5 Å². The molecular formula is C17H20FN3O2S. The van der Waals surface area contributed by atoms with Crippen LogP contribution >= 0.6 is 11.8 Å². The molecule has 7 heteroatoms. The van der Waals surface area contributed by atoms with Gasteiger partial charge in [0.2, 0.25) is 11.8 Å². The minimum Gasteiger partial charge on any atom is -0.411 e. The molecule has 24 heavy (non-hydrogen) atoms. The maximum Gasteiger partial charge on any atom is 0.277 e. The molecule has 1 aliphatic carbocycles. The van der Waals surface area contributed by atoms with Gasteiger partial charge < -0.3 is 9.73 Å². The predicted octanol–water partition coefficient (Wildman–Crippen LogP) is 3.81. The van der Waals surface area contributed by atoms with E-state index in [1.165, 1.54) is 43.2 Å². The zero-order valence-corrected chi connectivity index (χ0v) is 14.3. The molecule has 0 bridgehead atoms. The number of hydrogen-bond donors (Lipinski definition) is 1. The molecule has 1 amide bonds. The number of nitrogens with zero attached hydrogens (tertiary/aromatic N) is 2. The number of carbonyl (C=O) groups excluding carboxylic acids is 1. The van der Waals surface area contributed by atoms with Gasteiger partial charge in [0.05, 0.1) is 5.25 Å². The minimum absolute atomic E-state index is 0.00608. The second kappa shape index (κ2) is 7.79. The van der Waals surface area contributed by atoms with Crippen LogP contribution in [-0.4, -0.2) is 27.4 Å². The summed E-state index contributed by atoms with van der Waals surface area (Å²) in [5.74, 6) is -0.00769. The summed E-state index contributed by atoms with van der Waals surface area (Å²) < 4.78 is 18.5. The first-order valence-electron chi connectivity index (χ1n) is 8.18. The number of hydrogen-bond acceptors (Lipinski definition) is 5. The molecule has 2 aromatic rings. The van der Waals surface area contributed by atoms with Crippen LogP contribution in [0.4, 0.5) is 4.39 Å². The molecule has 1 aliphatic rings. The first kappa shape index (κ1) is 17.0. The van der Waals surface area contributed by atoms with E-state index < -0.39 is 0 Å². The summed E-state index contributed by atoms with van der Waals surface area (Å²) in [6.07, 6.45) is 5.72.